The topological polar surface area (TPSA) is 120 Å². The quantitative estimate of drug-likeness (QED) is 0.624. The van der Waals surface area contributed by atoms with Crippen molar-refractivity contribution in [2.45, 2.75) is 85.2 Å². The van der Waals surface area contributed by atoms with Gasteiger partial charge in [0.2, 0.25) is 0 Å². The number of carbonyl (C=O) groups is 2. The fourth-order valence-electron chi connectivity index (χ4n) is 1.53. The summed E-state index contributed by atoms with van der Waals surface area (Å²) in [5.41, 5.74) is -2.52. The van der Waals surface area contributed by atoms with Crippen molar-refractivity contribution in [2.75, 3.05) is 6.61 Å². The minimum atomic E-state index is -4.10. The van der Waals surface area contributed by atoms with E-state index in [4.69, 9.17) is 18.3 Å². The van der Waals surface area contributed by atoms with Crippen LogP contribution in [0.4, 0.5) is 4.79 Å². The van der Waals surface area contributed by atoms with E-state index in [0.717, 1.165) is 0 Å². The highest BCUT2D eigenvalue weighted by Crippen LogP contribution is 2.55. The molecule has 0 bridgehead atoms. The molecule has 10 heteroatoms. The fourth-order valence-corrected chi connectivity index (χ4v) is 3.35. The van der Waals surface area contributed by atoms with Crippen LogP contribution in [0.15, 0.2) is 0 Å². The normalized spacial score (nSPS) is 14.7. The SMILES string of the molecule is CC(C)(C)OC(=O)N[C@H](COP(=O)(OC(C)(C)C)OC(C)(C)C)C(=O)O. The zero-order chi connectivity index (χ0) is 21.0. The number of carbonyl (C=O) groups excluding carboxylic acids is 1. The highest BCUT2D eigenvalue weighted by Gasteiger charge is 2.38. The van der Waals surface area contributed by atoms with Gasteiger partial charge in [-0.05, 0) is 62.3 Å². The first-order chi connectivity index (χ1) is 11.3. The molecule has 0 fully saturated rings. The Hall–Kier alpha value is -1.15. The van der Waals surface area contributed by atoms with E-state index < -0.39 is 49.3 Å². The van der Waals surface area contributed by atoms with Crippen LogP contribution < -0.4 is 5.32 Å². The van der Waals surface area contributed by atoms with Crippen molar-refractivity contribution in [3.63, 3.8) is 0 Å². The van der Waals surface area contributed by atoms with Gasteiger partial charge in [0.15, 0.2) is 6.04 Å². The van der Waals surface area contributed by atoms with Gasteiger partial charge in [-0.25, -0.2) is 14.2 Å². The van der Waals surface area contributed by atoms with E-state index in [-0.39, 0.29) is 0 Å². The first-order valence-electron chi connectivity index (χ1n) is 8.20. The number of aliphatic carboxylic acids is 1. The van der Waals surface area contributed by atoms with E-state index >= 15 is 0 Å². The van der Waals surface area contributed by atoms with Gasteiger partial charge >= 0.3 is 19.9 Å². The van der Waals surface area contributed by atoms with Gasteiger partial charge in [0.1, 0.15) is 5.60 Å². The van der Waals surface area contributed by atoms with Crippen LogP contribution in [0.1, 0.15) is 62.3 Å². The molecule has 0 aromatic rings. The Morgan fingerprint density at radius 3 is 1.65 bits per heavy atom. The molecular formula is C16H32NO8P. The van der Waals surface area contributed by atoms with Crippen LogP contribution in [0.3, 0.4) is 0 Å². The largest absolute Gasteiger partial charge is 0.480 e. The highest BCUT2D eigenvalue weighted by atomic mass is 31.2. The van der Waals surface area contributed by atoms with Crippen molar-refractivity contribution in [1.82, 2.24) is 5.32 Å². The number of carboxylic acid groups (broad SMARTS) is 1. The van der Waals surface area contributed by atoms with E-state index in [1.54, 1.807) is 62.3 Å². The van der Waals surface area contributed by atoms with Crippen LogP contribution in [0.2, 0.25) is 0 Å². The summed E-state index contributed by atoms with van der Waals surface area (Å²) in [4.78, 5) is 23.1. The minimum Gasteiger partial charge on any atom is -0.480 e. The molecule has 0 unspecified atom stereocenters. The maximum atomic E-state index is 12.9. The zero-order valence-electron chi connectivity index (χ0n) is 17.0. The Labute approximate surface area is 155 Å². The molecule has 0 saturated heterocycles. The van der Waals surface area contributed by atoms with Gasteiger partial charge in [0.25, 0.3) is 0 Å². The number of rotatable bonds is 7. The Morgan fingerprint density at radius 2 is 1.35 bits per heavy atom. The molecule has 0 aromatic carbocycles. The maximum Gasteiger partial charge on any atom is 0.475 e. The van der Waals surface area contributed by atoms with Crippen molar-refractivity contribution < 1.29 is 37.6 Å². The Kier molecular flexibility index (Phi) is 8.31. The number of hydrogen-bond acceptors (Lipinski definition) is 7. The molecule has 0 aliphatic rings. The third kappa shape index (κ3) is 12.2. The summed E-state index contributed by atoms with van der Waals surface area (Å²) in [6, 6.07) is -1.50. The third-order valence-corrected chi connectivity index (χ3v) is 4.17. The lowest BCUT2D eigenvalue weighted by atomic mass is 10.2. The van der Waals surface area contributed by atoms with Crippen LogP contribution in [0, 0.1) is 0 Å². The molecule has 0 heterocycles. The summed E-state index contributed by atoms with van der Waals surface area (Å²) in [5, 5.41) is 11.4. The van der Waals surface area contributed by atoms with Crippen LogP contribution in [-0.2, 0) is 27.7 Å². The van der Waals surface area contributed by atoms with Gasteiger partial charge in [0, 0.05) is 0 Å². The monoisotopic (exact) mass is 397 g/mol. The molecule has 0 spiro atoms. The molecule has 0 radical (unpaired) electrons. The van der Waals surface area contributed by atoms with Gasteiger partial charge < -0.3 is 15.2 Å². The van der Waals surface area contributed by atoms with Crippen molar-refractivity contribution in [2.24, 2.45) is 0 Å². The highest BCUT2D eigenvalue weighted by molar-refractivity contribution is 7.48. The predicted molar refractivity (Wildman–Crippen MR) is 96.0 cm³/mol. The summed E-state index contributed by atoms with van der Waals surface area (Å²) in [6.07, 6.45) is -0.934. The Balaban J connectivity index is 5.16. The second-order valence-corrected chi connectivity index (χ2v) is 10.2. The Morgan fingerprint density at radius 1 is 0.923 bits per heavy atom. The molecule has 0 rings (SSSR count). The zero-order valence-corrected chi connectivity index (χ0v) is 17.9. The molecule has 154 valence electrons. The first kappa shape index (κ1) is 24.8. The second kappa shape index (κ2) is 8.69. The van der Waals surface area contributed by atoms with Crippen LogP contribution in [0.25, 0.3) is 0 Å². The van der Waals surface area contributed by atoms with Gasteiger partial charge in [0.05, 0.1) is 17.8 Å². The first-order valence-corrected chi connectivity index (χ1v) is 9.66. The van der Waals surface area contributed by atoms with Gasteiger partial charge in [-0.2, -0.15) is 0 Å². The number of alkyl carbamates (subject to hydrolysis) is 1. The van der Waals surface area contributed by atoms with E-state index in [1.807, 2.05) is 0 Å². The fraction of sp³-hybridized carbons (Fsp3) is 0.875. The minimum absolute atomic E-state index is 0.627. The van der Waals surface area contributed by atoms with Crippen molar-refractivity contribution in [3.8, 4) is 0 Å². The van der Waals surface area contributed by atoms with E-state index in [2.05, 4.69) is 5.32 Å². The van der Waals surface area contributed by atoms with E-state index in [9.17, 15) is 19.3 Å². The summed E-state index contributed by atoms with van der Waals surface area (Å²) >= 11 is 0. The number of phosphoric ester groups is 1. The molecule has 1 atom stereocenters. The summed E-state index contributed by atoms with van der Waals surface area (Å²) in [6.45, 7) is 14.2. The number of ether oxygens (including phenoxy) is 1. The van der Waals surface area contributed by atoms with E-state index in [1.165, 1.54) is 0 Å². The molecule has 9 nitrogen and oxygen atoms in total. The van der Waals surface area contributed by atoms with Crippen LogP contribution >= 0.6 is 7.82 Å². The van der Waals surface area contributed by atoms with Gasteiger partial charge in [-0.15, -0.1) is 0 Å². The number of amides is 1. The molecule has 0 aromatic heterocycles. The average Bonchev–Trinajstić information content (AvgIpc) is 2.26. The lowest BCUT2D eigenvalue weighted by molar-refractivity contribution is -0.140. The molecule has 0 saturated carbocycles. The third-order valence-electron chi connectivity index (χ3n) is 2.16. The molecule has 1 amide bonds. The molecule has 2 N–H and O–H groups in total. The molecule has 26 heavy (non-hydrogen) atoms. The number of nitrogens with one attached hydrogen (secondary N) is 1. The van der Waals surface area contributed by atoms with E-state index in [0.29, 0.717) is 0 Å². The summed E-state index contributed by atoms with van der Waals surface area (Å²) < 4.78 is 33.9. The van der Waals surface area contributed by atoms with Gasteiger partial charge in [-0.1, -0.05) is 0 Å². The molecular weight excluding hydrogens is 365 g/mol. The van der Waals surface area contributed by atoms with Crippen molar-refractivity contribution in [1.29, 1.82) is 0 Å². The number of carboxylic acids is 1. The summed E-state index contributed by atoms with van der Waals surface area (Å²) in [7, 11) is -4.10. The Bertz CT molecular complexity index is 522. The van der Waals surface area contributed by atoms with Crippen LogP contribution in [-0.4, -0.2) is 46.6 Å². The standard InChI is InChI=1S/C16H32NO8P/c1-14(2,3)23-13(20)17-11(12(18)19)10-22-26(21,24-15(4,5)6)25-16(7,8)9/h11H,10H2,1-9H3,(H,17,20)(H,18,19)/t11-/m1/s1. The lowest BCUT2D eigenvalue weighted by Crippen LogP contribution is -2.46. The lowest BCUT2D eigenvalue weighted by Gasteiger charge is -2.31. The molecule has 0 aliphatic heterocycles. The average molecular weight is 397 g/mol. The predicted octanol–water partition coefficient (Wildman–Crippen LogP) is 3.72. The van der Waals surface area contributed by atoms with Gasteiger partial charge in [-0.3, -0.25) is 13.6 Å². The maximum absolute atomic E-state index is 12.9. The van der Waals surface area contributed by atoms with Crippen molar-refractivity contribution >= 4 is 19.9 Å². The van der Waals surface area contributed by atoms with Crippen LogP contribution in [0.5, 0.6) is 0 Å². The smallest absolute Gasteiger partial charge is 0.475 e. The summed E-state index contributed by atoms with van der Waals surface area (Å²) in [5.74, 6) is -1.38. The molecule has 0 aliphatic carbocycles. The van der Waals surface area contributed by atoms with Crippen molar-refractivity contribution in [3.05, 3.63) is 0 Å². The number of hydrogen-bond donors (Lipinski definition) is 2. The number of phosphoric acid groups is 1. The second-order valence-electron chi connectivity index (χ2n) is 8.69.